The summed E-state index contributed by atoms with van der Waals surface area (Å²) in [6.07, 6.45) is 9.08. The standard InChI is InChI=1S/C30H33N3O6/c1-2-3-4-16-37-23-9-6-21(7-10-23)27-26(28(34)22-8-11-24-25(19-22)39-18-17-38-24)29(35)30(36)33(27)14-5-13-32-15-12-31-20-32/h6-12,15,19-20,27,34H,2-5,13-14,16-18H2,1H3/b28-26-. The summed E-state index contributed by atoms with van der Waals surface area (Å²) in [7, 11) is 0. The Bertz CT molecular complexity index is 1330. The summed E-state index contributed by atoms with van der Waals surface area (Å²) in [6, 6.07) is 11.7. The molecule has 0 radical (unpaired) electrons. The molecule has 2 aliphatic rings. The number of aliphatic hydroxyl groups excluding tert-OH is 1. The number of hydrogen-bond donors (Lipinski definition) is 1. The first kappa shape index (κ1) is 26.3. The fraction of sp³-hybridized carbons (Fsp3) is 0.367. The highest BCUT2D eigenvalue weighted by Gasteiger charge is 2.45. The van der Waals surface area contributed by atoms with E-state index in [1.807, 2.05) is 35.0 Å². The summed E-state index contributed by atoms with van der Waals surface area (Å²) in [6.45, 7) is 4.59. The van der Waals surface area contributed by atoms with Crippen LogP contribution < -0.4 is 14.2 Å². The lowest BCUT2D eigenvalue weighted by Crippen LogP contribution is -2.31. The molecule has 9 nitrogen and oxygen atoms in total. The van der Waals surface area contributed by atoms with Crippen molar-refractivity contribution >= 4 is 17.4 Å². The number of hydrogen-bond acceptors (Lipinski definition) is 7. The number of aryl methyl sites for hydroxylation is 1. The van der Waals surface area contributed by atoms with Crippen molar-refractivity contribution in [2.45, 2.75) is 45.2 Å². The van der Waals surface area contributed by atoms with Crippen LogP contribution in [-0.2, 0) is 16.1 Å². The van der Waals surface area contributed by atoms with Crippen molar-refractivity contribution in [2.75, 3.05) is 26.4 Å². The molecule has 1 fully saturated rings. The van der Waals surface area contributed by atoms with Crippen LogP contribution in [0.1, 0.15) is 49.8 Å². The number of nitrogens with zero attached hydrogens (tertiary/aromatic N) is 3. The number of ketones is 1. The SMILES string of the molecule is CCCCCOc1ccc(C2/C(=C(/O)c3ccc4c(c3)OCCO4)C(=O)C(=O)N2CCCn2ccnc2)cc1. The van der Waals surface area contributed by atoms with E-state index in [0.29, 0.717) is 56.4 Å². The Morgan fingerprint density at radius 1 is 1.03 bits per heavy atom. The molecule has 0 saturated carbocycles. The zero-order valence-corrected chi connectivity index (χ0v) is 22.0. The molecule has 1 unspecified atom stereocenters. The topological polar surface area (TPSA) is 103 Å². The second-order valence-corrected chi connectivity index (χ2v) is 9.63. The predicted octanol–water partition coefficient (Wildman–Crippen LogP) is 4.74. The van der Waals surface area contributed by atoms with E-state index in [1.54, 1.807) is 35.6 Å². The predicted molar refractivity (Wildman–Crippen MR) is 145 cm³/mol. The van der Waals surface area contributed by atoms with E-state index < -0.39 is 17.7 Å². The molecule has 3 aromatic rings. The van der Waals surface area contributed by atoms with Crippen LogP contribution in [0.4, 0.5) is 0 Å². The first-order valence-electron chi connectivity index (χ1n) is 13.4. The van der Waals surface area contributed by atoms with E-state index >= 15 is 0 Å². The summed E-state index contributed by atoms with van der Waals surface area (Å²) in [5.41, 5.74) is 1.16. The molecule has 1 amide bonds. The Morgan fingerprint density at radius 2 is 1.82 bits per heavy atom. The van der Waals surface area contributed by atoms with Gasteiger partial charge in [-0.3, -0.25) is 9.59 Å². The number of rotatable bonds is 11. The van der Waals surface area contributed by atoms with Gasteiger partial charge in [0.05, 0.1) is 24.5 Å². The Labute approximate surface area is 227 Å². The number of Topliss-reactive ketones (excluding diaryl/α,β-unsaturated/α-hetero) is 1. The third-order valence-electron chi connectivity index (χ3n) is 6.94. The lowest BCUT2D eigenvalue weighted by molar-refractivity contribution is -0.139. The summed E-state index contributed by atoms with van der Waals surface area (Å²) in [5, 5.41) is 11.4. The van der Waals surface area contributed by atoms with Crippen LogP contribution >= 0.6 is 0 Å². The maximum Gasteiger partial charge on any atom is 0.295 e. The van der Waals surface area contributed by atoms with Crippen molar-refractivity contribution in [3.63, 3.8) is 0 Å². The number of aromatic nitrogens is 2. The van der Waals surface area contributed by atoms with Gasteiger partial charge < -0.3 is 28.8 Å². The lowest BCUT2D eigenvalue weighted by atomic mass is 9.95. The van der Waals surface area contributed by atoms with Gasteiger partial charge in [-0.15, -0.1) is 0 Å². The van der Waals surface area contributed by atoms with Gasteiger partial charge in [-0.1, -0.05) is 31.9 Å². The number of benzene rings is 2. The minimum atomic E-state index is -0.741. The highest BCUT2D eigenvalue weighted by Crippen LogP contribution is 2.41. The molecule has 1 saturated heterocycles. The molecule has 2 aromatic carbocycles. The van der Waals surface area contributed by atoms with E-state index in [2.05, 4.69) is 11.9 Å². The molecular formula is C30H33N3O6. The van der Waals surface area contributed by atoms with E-state index in [9.17, 15) is 14.7 Å². The van der Waals surface area contributed by atoms with E-state index in [0.717, 1.165) is 30.6 Å². The summed E-state index contributed by atoms with van der Waals surface area (Å²) in [5.74, 6) is 0.190. The van der Waals surface area contributed by atoms with Gasteiger partial charge in [0.2, 0.25) is 0 Å². The number of amides is 1. The Morgan fingerprint density at radius 3 is 2.56 bits per heavy atom. The number of carbonyl (C=O) groups excluding carboxylic acids is 2. The lowest BCUT2D eigenvalue weighted by Gasteiger charge is -2.26. The summed E-state index contributed by atoms with van der Waals surface area (Å²) < 4.78 is 19.0. The molecule has 0 bridgehead atoms. The molecule has 5 rings (SSSR count). The molecule has 0 spiro atoms. The number of likely N-dealkylation sites (tertiary alicyclic amines) is 1. The molecule has 1 atom stereocenters. The molecule has 0 aliphatic carbocycles. The van der Waals surface area contributed by atoms with Crippen LogP contribution in [0.25, 0.3) is 5.76 Å². The number of imidazole rings is 1. The minimum absolute atomic E-state index is 0.0518. The summed E-state index contributed by atoms with van der Waals surface area (Å²) in [4.78, 5) is 32.2. The van der Waals surface area contributed by atoms with Crippen LogP contribution in [0.2, 0.25) is 0 Å². The van der Waals surface area contributed by atoms with Crippen LogP contribution in [-0.4, -0.2) is 57.6 Å². The molecule has 39 heavy (non-hydrogen) atoms. The first-order chi connectivity index (χ1) is 19.1. The molecule has 2 aliphatic heterocycles. The second-order valence-electron chi connectivity index (χ2n) is 9.63. The monoisotopic (exact) mass is 531 g/mol. The molecule has 204 valence electrons. The highest BCUT2D eigenvalue weighted by atomic mass is 16.6. The quantitative estimate of drug-likeness (QED) is 0.165. The molecule has 9 heteroatoms. The fourth-order valence-corrected chi connectivity index (χ4v) is 4.93. The van der Waals surface area contributed by atoms with E-state index in [1.165, 1.54) is 0 Å². The number of carbonyl (C=O) groups is 2. The normalized spacial score (nSPS) is 18.0. The number of ether oxygens (including phenoxy) is 3. The van der Waals surface area contributed by atoms with E-state index in [-0.39, 0.29) is 11.3 Å². The van der Waals surface area contributed by atoms with Crippen molar-refractivity contribution in [1.29, 1.82) is 0 Å². The smallest absolute Gasteiger partial charge is 0.295 e. The third kappa shape index (κ3) is 5.77. The number of unbranched alkanes of at least 4 members (excludes halogenated alkanes) is 2. The Balaban J connectivity index is 1.46. The molecule has 1 aromatic heterocycles. The molecular weight excluding hydrogens is 498 g/mol. The fourth-order valence-electron chi connectivity index (χ4n) is 4.93. The zero-order valence-electron chi connectivity index (χ0n) is 22.0. The van der Waals surface area contributed by atoms with Gasteiger partial charge in [0, 0.05) is 31.0 Å². The van der Waals surface area contributed by atoms with Gasteiger partial charge in [-0.05, 0) is 48.7 Å². The number of fused-ring (bicyclic) bond motifs is 1. The van der Waals surface area contributed by atoms with Gasteiger partial charge in [-0.25, -0.2) is 4.98 Å². The second kappa shape index (κ2) is 12.1. The van der Waals surface area contributed by atoms with Crippen LogP contribution in [0.15, 0.2) is 66.8 Å². The minimum Gasteiger partial charge on any atom is -0.507 e. The molecule has 1 N–H and O–H groups in total. The maximum absolute atomic E-state index is 13.4. The average molecular weight is 532 g/mol. The third-order valence-corrected chi connectivity index (χ3v) is 6.94. The van der Waals surface area contributed by atoms with Gasteiger partial charge in [0.1, 0.15) is 24.7 Å². The highest BCUT2D eigenvalue weighted by molar-refractivity contribution is 6.46. The van der Waals surface area contributed by atoms with Crippen molar-refractivity contribution in [1.82, 2.24) is 14.5 Å². The van der Waals surface area contributed by atoms with Crippen molar-refractivity contribution in [3.8, 4) is 17.2 Å². The van der Waals surface area contributed by atoms with Gasteiger partial charge in [-0.2, -0.15) is 0 Å². The van der Waals surface area contributed by atoms with Crippen molar-refractivity contribution < 1.29 is 28.9 Å². The summed E-state index contributed by atoms with van der Waals surface area (Å²) >= 11 is 0. The van der Waals surface area contributed by atoms with Gasteiger partial charge >= 0.3 is 0 Å². The average Bonchev–Trinajstić information content (AvgIpc) is 3.57. The van der Waals surface area contributed by atoms with Crippen molar-refractivity contribution in [2.24, 2.45) is 0 Å². The van der Waals surface area contributed by atoms with Crippen LogP contribution in [0.3, 0.4) is 0 Å². The zero-order chi connectivity index (χ0) is 27.2. The van der Waals surface area contributed by atoms with Gasteiger partial charge in [0.25, 0.3) is 11.7 Å². The molecule has 3 heterocycles. The van der Waals surface area contributed by atoms with Crippen LogP contribution in [0, 0.1) is 0 Å². The first-order valence-corrected chi connectivity index (χ1v) is 13.4. The van der Waals surface area contributed by atoms with E-state index in [4.69, 9.17) is 14.2 Å². The largest absolute Gasteiger partial charge is 0.507 e. The Hall–Kier alpha value is -4.27. The maximum atomic E-state index is 13.4. The van der Waals surface area contributed by atoms with Crippen molar-refractivity contribution in [3.05, 3.63) is 77.9 Å². The van der Waals surface area contributed by atoms with Gasteiger partial charge in [0.15, 0.2) is 11.5 Å². The van der Waals surface area contributed by atoms with Crippen LogP contribution in [0.5, 0.6) is 17.2 Å². The Kier molecular flexibility index (Phi) is 8.15. The number of aliphatic hydroxyl groups is 1.